The van der Waals surface area contributed by atoms with Gasteiger partial charge >= 0.3 is 0 Å². The van der Waals surface area contributed by atoms with Crippen LogP contribution in [0.25, 0.3) is 0 Å². The molecular weight excluding hydrogens is 282 g/mol. The number of rotatable bonds is 4. The zero-order valence-corrected chi connectivity index (χ0v) is 12.6. The molecule has 7 nitrogen and oxygen atoms in total. The lowest BCUT2D eigenvalue weighted by Gasteiger charge is -2.31. The van der Waals surface area contributed by atoms with Crippen LogP contribution >= 0.6 is 0 Å². The number of amides is 2. The van der Waals surface area contributed by atoms with Crippen LogP contribution in [0.4, 0.5) is 0 Å². The van der Waals surface area contributed by atoms with Crippen molar-refractivity contribution in [1.82, 2.24) is 14.5 Å². The van der Waals surface area contributed by atoms with Gasteiger partial charge in [0, 0.05) is 20.1 Å². The van der Waals surface area contributed by atoms with Crippen molar-refractivity contribution in [3.05, 3.63) is 0 Å². The number of sulfonamides is 1. The number of likely N-dealkylation sites (N-methyl/N-ethyl adjacent to an activating group) is 1. The summed E-state index contributed by atoms with van der Waals surface area (Å²) in [7, 11) is -1.66. The van der Waals surface area contributed by atoms with Gasteiger partial charge in [-0.05, 0) is 25.3 Å². The van der Waals surface area contributed by atoms with E-state index in [1.807, 2.05) is 0 Å². The highest BCUT2D eigenvalue weighted by atomic mass is 32.2. The molecule has 0 aromatic carbocycles. The average Bonchev–Trinajstić information content (AvgIpc) is 2.63. The number of nitrogens with zero attached hydrogens (tertiary/aromatic N) is 2. The zero-order valence-electron chi connectivity index (χ0n) is 11.8. The molecule has 1 N–H and O–H groups in total. The molecular formula is C12H21N3O4S. The van der Waals surface area contributed by atoms with Crippen molar-refractivity contribution in [1.29, 1.82) is 0 Å². The summed E-state index contributed by atoms with van der Waals surface area (Å²) < 4.78 is 24.5. The van der Waals surface area contributed by atoms with E-state index in [4.69, 9.17) is 0 Å². The van der Waals surface area contributed by atoms with Crippen LogP contribution in [0, 0.1) is 5.92 Å². The Morgan fingerprint density at radius 1 is 1.35 bits per heavy atom. The van der Waals surface area contributed by atoms with Crippen LogP contribution in [0.15, 0.2) is 0 Å². The third kappa shape index (κ3) is 3.36. The third-order valence-corrected chi connectivity index (χ3v) is 5.25. The number of nitrogens with one attached hydrogen (secondary N) is 1. The van der Waals surface area contributed by atoms with Gasteiger partial charge in [0.15, 0.2) is 0 Å². The van der Waals surface area contributed by atoms with Crippen molar-refractivity contribution in [2.75, 3.05) is 32.9 Å². The molecule has 2 unspecified atom stereocenters. The van der Waals surface area contributed by atoms with Gasteiger partial charge in [-0.1, -0.05) is 0 Å². The second kappa shape index (κ2) is 5.79. The Morgan fingerprint density at radius 3 is 2.60 bits per heavy atom. The van der Waals surface area contributed by atoms with Gasteiger partial charge in [0.05, 0.1) is 18.7 Å². The maximum Gasteiger partial charge on any atom is 0.246 e. The molecule has 0 aromatic heterocycles. The first-order chi connectivity index (χ1) is 9.29. The Morgan fingerprint density at radius 2 is 2.05 bits per heavy atom. The number of piperidine rings is 1. The van der Waals surface area contributed by atoms with Crippen LogP contribution in [0.3, 0.4) is 0 Å². The normalized spacial score (nSPS) is 29.2. The molecule has 0 radical (unpaired) electrons. The van der Waals surface area contributed by atoms with E-state index in [0.29, 0.717) is 19.6 Å². The fraction of sp³-hybridized carbons (Fsp3) is 0.833. The molecule has 20 heavy (non-hydrogen) atoms. The summed E-state index contributed by atoms with van der Waals surface area (Å²) in [6, 6.07) is -0.457. The highest BCUT2D eigenvalue weighted by Gasteiger charge is 2.36. The van der Waals surface area contributed by atoms with E-state index in [1.165, 1.54) is 17.6 Å². The number of imide groups is 1. The lowest BCUT2D eigenvalue weighted by atomic mass is 9.99. The maximum atomic E-state index is 11.7. The van der Waals surface area contributed by atoms with Gasteiger partial charge in [0.1, 0.15) is 0 Å². The van der Waals surface area contributed by atoms with Gasteiger partial charge in [0.25, 0.3) is 0 Å². The molecule has 2 aliphatic rings. The Labute approximate surface area is 119 Å². The summed E-state index contributed by atoms with van der Waals surface area (Å²) >= 11 is 0. The zero-order chi connectivity index (χ0) is 14.9. The van der Waals surface area contributed by atoms with Gasteiger partial charge in [-0.3, -0.25) is 14.5 Å². The van der Waals surface area contributed by atoms with Gasteiger partial charge < -0.3 is 5.32 Å². The maximum absolute atomic E-state index is 11.7. The second-order valence-corrected chi connectivity index (χ2v) is 7.57. The van der Waals surface area contributed by atoms with Crippen LogP contribution < -0.4 is 5.32 Å². The minimum atomic E-state index is -3.15. The van der Waals surface area contributed by atoms with Gasteiger partial charge in [-0.15, -0.1) is 0 Å². The Bertz CT molecular complexity index is 505. The number of hydrogen-bond acceptors (Lipinski definition) is 5. The third-order valence-electron chi connectivity index (χ3n) is 3.99. The number of likely N-dealkylation sites (tertiary alicyclic amines) is 1. The van der Waals surface area contributed by atoms with Crippen LogP contribution in [-0.4, -0.2) is 68.4 Å². The number of hydrogen-bond donors (Lipinski definition) is 1. The predicted molar refractivity (Wildman–Crippen MR) is 73.3 cm³/mol. The molecule has 2 aliphatic heterocycles. The van der Waals surface area contributed by atoms with Gasteiger partial charge in [-0.25, -0.2) is 12.7 Å². The minimum absolute atomic E-state index is 0.172. The number of carbonyl (C=O) groups is 2. The Balaban J connectivity index is 1.86. The first kappa shape index (κ1) is 15.4. The van der Waals surface area contributed by atoms with E-state index in [0.717, 1.165) is 17.7 Å². The summed E-state index contributed by atoms with van der Waals surface area (Å²) in [5, 5.41) is 3.10. The predicted octanol–water partition coefficient (Wildman–Crippen LogP) is -0.995. The number of carbonyl (C=O) groups excluding carboxylic acids is 2. The highest BCUT2D eigenvalue weighted by molar-refractivity contribution is 7.88. The monoisotopic (exact) mass is 303 g/mol. The molecule has 2 amide bonds. The molecule has 114 valence electrons. The van der Waals surface area contributed by atoms with Crippen molar-refractivity contribution in [2.45, 2.75) is 25.3 Å². The highest BCUT2D eigenvalue weighted by Crippen LogP contribution is 2.19. The molecule has 0 saturated carbocycles. The van der Waals surface area contributed by atoms with E-state index >= 15 is 0 Å². The molecule has 0 aliphatic carbocycles. The summed E-state index contributed by atoms with van der Waals surface area (Å²) in [5.41, 5.74) is 0. The summed E-state index contributed by atoms with van der Waals surface area (Å²) in [4.78, 5) is 24.3. The lowest BCUT2D eigenvalue weighted by molar-refractivity contribution is -0.137. The van der Waals surface area contributed by atoms with Crippen LogP contribution in [-0.2, 0) is 19.6 Å². The fourth-order valence-electron chi connectivity index (χ4n) is 2.72. The van der Waals surface area contributed by atoms with Gasteiger partial charge in [0.2, 0.25) is 21.8 Å². The van der Waals surface area contributed by atoms with Crippen LogP contribution in [0.5, 0.6) is 0 Å². The molecule has 2 rings (SSSR count). The van der Waals surface area contributed by atoms with Crippen molar-refractivity contribution in [3.8, 4) is 0 Å². The summed E-state index contributed by atoms with van der Waals surface area (Å²) in [6.07, 6.45) is 3.18. The smallest absolute Gasteiger partial charge is 0.246 e. The van der Waals surface area contributed by atoms with Crippen molar-refractivity contribution >= 4 is 21.8 Å². The van der Waals surface area contributed by atoms with Crippen LogP contribution in [0.2, 0.25) is 0 Å². The molecule has 0 aromatic rings. The Kier molecular flexibility index (Phi) is 4.46. The molecule has 2 fully saturated rings. The van der Waals surface area contributed by atoms with Gasteiger partial charge in [-0.2, -0.15) is 0 Å². The SMILES string of the molecule is CN1C(=O)CC(NCC2CCCN(S(C)(=O)=O)C2)C1=O. The van der Waals surface area contributed by atoms with E-state index in [2.05, 4.69) is 5.32 Å². The molecule has 8 heteroatoms. The van der Waals surface area contributed by atoms with Crippen molar-refractivity contribution in [2.24, 2.45) is 5.92 Å². The molecule has 2 saturated heterocycles. The fourth-order valence-corrected chi connectivity index (χ4v) is 3.66. The van der Waals surface area contributed by atoms with E-state index in [-0.39, 0.29) is 24.2 Å². The lowest BCUT2D eigenvalue weighted by Crippen LogP contribution is -2.45. The Hall–Kier alpha value is -0.990. The first-order valence-electron chi connectivity index (χ1n) is 6.78. The largest absolute Gasteiger partial charge is 0.305 e. The minimum Gasteiger partial charge on any atom is -0.305 e. The quantitative estimate of drug-likeness (QED) is 0.674. The molecule has 2 heterocycles. The van der Waals surface area contributed by atoms with Crippen molar-refractivity contribution < 1.29 is 18.0 Å². The van der Waals surface area contributed by atoms with Crippen molar-refractivity contribution in [3.63, 3.8) is 0 Å². The molecule has 0 spiro atoms. The summed E-state index contributed by atoms with van der Waals surface area (Å²) in [6.45, 7) is 1.61. The summed E-state index contributed by atoms with van der Waals surface area (Å²) in [5.74, 6) is -0.188. The molecule has 0 bridgehead atoms. The van der Waals surface area contributed by atoms with Crippen LogP contribution in [0.1, 0.15) is 19.3 Å². The molecule has 2 atom stereocenters. The van der Waals surface area contributed by atoms with E-state index in [9.17, 15) is 18.0 Å². The van der Waals surface area contributed by atoms with E-state index < -0.39 is 16.1 Å². The second-order valence-electron chi connectivity index (χ2n) is 5.59. The standard InChI is InChI=1S/C12H21N3O4S/c1-14-11(16)6-10(12(14)17)13-7-9-4-3-5-15(8-9)20(2,18)19/h9-10,13H,3-8H2,1-2H3. The average molecular weight is 303 g/mol. The topological polar surface area (TPSA) is 86.8 Å². The first-order valence-corrected chi connectivity index (χ1v) is 8.63. The van der Waals surface area contributed by atoms with E-state index in [1.54, 1.807) is 0 Å².